The van der Waals surface area contributed by atoms with Crippen LogP contribution in [0.15, 0.2) is 25.3 Å². The van der Waals surface area contributed by atoms with E-state index in [1.54, 1.807) is 0 Å². The summed E-state index contributed by atoms with van der Waals surface area (Å²) in [6.07, 6.45) is 3.51. The van der Waals surface area contributed by atoms with Crippen molar-refractivity contribution in [1.29, 1.82) is 0 Å². The zero-order valence-corrected chi connectivity index (χ0v) is 14.0. The van der Waals surface area contributed by atoms with Crippen LogP contribution in [0.2, 0.25) is 24.2 Å². The minimum absolute atomic E-state index is 0.0204. The van der Waals surface area contributed by atoms with Crippen molar-refractivity contribution in [3.05, 3.63) is 25.3 Å². The van der Waals surface area contributed by atoms with E-state index in [0.29, 0.717) is 24.3 Å². The lowest BCUT2D eigenvalue weighted by Gasteiger charge is -2.11. The van der Waals surface area contributed by atoms with Crippen LogP contribution in [0, 0.1) is 0 Å². The molecule has 0 aromatic carbocycles. The van der Waals surface area contributed by atoms with E-state index in [0.717, 1.165) is 0 Å². The predicted octanol–water partition coefficient (Wildman–Crippen LogP) is 5.63. The molecule has 0 unspecified atom stereocenters. The van der Waals surface area contributed by atoms with Crippen LogP contribution in [0.4, 0.5) is 16.4 Å². The minimum atomic E-state index is -4.07. The Morgan fingerprint density at radius 1 is 0.789 bits per heavy atom. The maximum absolute atomic E-state index is 13.2. The van der Waals surface area contributed by atoms with Crippen LogP contribution in [0.3, 0.4) is 0 Å². The molecule has 0 aliphatic heterocycles. The highest BCUT2D eigenvalue weighted by atomic mass is 32.2. The molecule has 0 saturated carbocycles. The molecule has 0 aromatic heterocycles. The fraction of sp³-hybridized carbons (Fsp3) is 0.667. The summed E-state index contributed by atoms with van der Waals surface area (Å²) >= 11 is 1.50. The van der Waals surface area contributed by atoms with Crippen molar-refractivity contribution in [2.75, 3.05) is 11.5 Å². The average Bonchev–Trinajstić information content (AvgIpc) is 2.27. The Kier molecular flexibility index (Phi) is 9.81. The Balaban J connectivity index is 3.51. The van der Waals surface area contributed by atoms with Crippen molar-refractivity contribution in [3.63, 3.8) is 0 Å². The van der Waals surface area contributed by atoms with E-state index in [4.69, 9.17) is 0 Å². The van der Waals surface area contributed by atoms with E-state index in [1.807, 2.05) is 0 Å². The lowest BCUT2D eigenvalue weighted by Crippen LogP contribution is -2.21. The van der Waals surface area contributed by atoms with Crippen molar-refractivity contribution in [2.24, 2.45) is 0 Å². The topological polar surface area (TPSA) is 0 Å². The lowest BCUT2D eigenvalue weighted by molar-refractivity contribution is 0.592. The van der Waals surface area contributed by atoms with Gasteiger partial charge in [-0.3, -0.25) is 16.4 Å². The molecule has 112 valence electrons. The molecule has 0 heterocycles. The largest absolute Gasteiger partial charge is 0.428 e. The van der Waals surface area contributed by atoms with Gasteiger partial charge in [-0.2, -0.15) is 11.8 Å². The molecule has 0 aliphatic carbocycles. The van der Waals surface area contributed by atoms with Crippen molar-refractivity contribution in [1.82, 2.24) is 0 Å². The highest BCUT2D eigenvalue weighted by molar-refractivity contribution is 7.99. The molecule has 0 fully saturated rings. The summed E-state index contributed by atoms with van der Waals surface area (Å²) in [5.74, 6) is 1.27. The summed E-state index contributed by atoms with van der Waals surface area (Å²) in [6, 6.07) is -0.352. The van der Waals surface area contributed by atoms with Crippen LogP contribution in [0.25, 0.3) is 0 Å². The summed E-state index contributed by atoms with van der Waals surface area (Å²) in [5.41, 5.74) is 0. The van der Waals surface area contributed by atoms with Gasteiger partial charge in [0.1, 0.15) is 0 Å². The third-order valence-electron chi connectivity index (χ3n) is 2.55. The first kappa shape index (κ1) is 19.0. The van der Waals surface area contributed by atoms with E-state index in [-0.39, 0.29) is 24.2 Å². The molecule has 0 saturated heterocycles. The number of thioether (sulfide) groups is 1. The molecule has 7 heteroatoms. The predicted molar refractivity (Wildman–Crippen MR) is 82.1 cm³/mol. The summed E-state index contributed by atoms with van der Waals surface area (Å²) < 4.78 is 52.8. The summed E-state index contributed by atoms with van der Waals surface area (Å²) in [7, 11) is -8.14. The Bertz CT molecular complexity index is 246. The first-order valence-electron chi connectivity index (χ1n) is 6.38. The second-order valence-electron chi connectivity index (χ2n) is 4.52. The Labute approximate surface area is 120 Å². The normalized spacial score (nSPS) is 12.4. The van der Waals surface area contributed by atoms with Crippen molar-refractivity contribution in [2.45, 2.75) is 37.0 Å². The number of rotatable bonds is 12. The highest BCUT2D eigenvalue weighted by Crippen LogP contribution is 2.24. The van der Waals surface area contributed by atoms with Crippen LogP contribution in [-0.4, -0.2) is 29.0 Å². The van der Waals surface area contributed by atoms with Gasteiger partial charge >= 0.3 is 17.5 Å². The maximum atomic E-state index is 13.2. The Morgan fingerprint density at radius 2 is 1.16 bits per heavy atom. The monoisotopic (exact) mass is 330 g/mol. The van der Waals surface area contributed by atoms with Crippen LogP contribution >= 0.6 is 11.8 Å². The van der Waals surface area contributed by atoms with Gasteiger partial charge in [0.05, 0.1) is 0 Å². The molecule has 0 amide bonds. The standard InChI is InChI=1S/C12H22F4SSi2/c1-3-9-18(13,14)11-5-7-17-8-6-12-19(15,16)10-4-2/h3-4H,1-2,5-12H2. The SMILES string of the molecule is C=CC[Si](F)(F)CCCSCCC[Si](F)(F)CC=C. The maximum Gasteiger partial charge on any atom is 0.428 e. The number of hydrogen-bond donors (Lipinski definition) is 0. The summed E-state index contributed by atoms with van der Waals surface area (Å²) in [6.45, 7) is 6.66. The van der Waals surface area contributed by atoms with Crippen LogP contribution < -0.4 is 0 Å². The fourth-order valence-electron chi connectivity index (χ4n) is 1.59. The Morgan fingerprint density at radius 3 is 1.47 bits per heavy atom. The van der Waals surface area contributed by atoms with Crippen molar-refractivity contribution < 1.29 is 16.4 Å². The highest BCUT2D eigenvalue weighted by Gasteiger charge is 2.33. The smallest absolute Gasteiger partial charge is 0.270 e. The van der Waals surface area contributed by atoms with Gasteiger partial charge in [-0.1, -0.05) is 12.2 Å². The zero-order chi connectivity index (χ0) is 14.8. The van der Waals surface area contributed by atoms with Crippen molar-refractivity contribution >= 4 is 29.2 Å². The van der Waals surface area contributed by atoms with Gasteiger partial charge < -0.3 is 0 Å². The first-order valence-corrected chi connectivity index (χ1v) is 11.9. The molecule has 0 radical (unpaired) electrons. The number of allylic oxidation sites excluding steroid dienone is 2. The second-order valence-corrected chi connectivity index (χ2v) is 11.0. The molecule has 0 nitrogen and oxygen atoms in total. The number of halogens is 4. The average molecular weight is 331 g/mol. The van der Waals surface area contributed by atoms with Gasteiger partial charge in [0.15, 0.2) is 0 Å². The molecule has 0 atom stereocenters. The van der Waals surface area contributed by atoms with Gasteiger partial charge in [0, 0.05) is 12.1 Å². The summed E-state index contributed by atoms with van der Waals surface area (Å²) in [5, 5.41) is 0. The number of hydrogen-bond acceptors (Lipinski definition) is 1. The molecule has 0 aromatic rings. The molecule has 19 heavy (non-hydrogen) atoms. The molecular weight excluding hydrogens is 308 g/mol. The first-order chi connectivity index (χ1) is 8.83. The molecular formula is C12H22F4SSi2. The van der Waals surface area contributed by atoms with Gasteiger partial charge in [0.2, 0.25) is 0 Å². The van der Waals surface area contributed by atoms with Crippen molar-refractivity contribution in [3.8, 4) is 0 Å². The third kappa shape index (κ3) is 11.5. The fourth-order valence-corrected chi connectivity index (χ4v) is 5.65. The van der Waals surface area contributed by atoms with Gasteiger partial charge in [-0.05, 0) is 36.4 Å². The van der Waals surface area contributed by atoms with Gasteiger partial charge in [-0.15, -0.1) is 13.2 Å². The quantitative estimate of drug-likeness (QED) is 0.147. The molecule has 0 bridgehead atoms. The van der Waals surface area contributed by atoms with E-state index in [2.05, 4.69) is 13.2 Å². The van der Waals surface area contributed by atoms with Gasteiger partial charge in [-0.25, -0.2) is 0 Å². The van der Waals surface area contributed by atoms with Crippen LogP contribution in [0.1, 0.15) is 12.8 Å². The second kappa shape index (κ2) is 9.82. The third-order valence-corrected chi connectivity index (χ3v) is 7.65. The van der Waals surface area contributed by atoms with E-state index in [9.17, 15) is 16.4 Å². The lowest BCUT2D eigenvalue weighted by atomic mass is 10.6. The summed E-state index contributed by atoms with van der Waals surface area (Å²) in [4.78, 5) is 0. The molecule has 0 rings (SSSR count). The van der Waals surface area contributed by atoms with E-state index < -0.39 is 17.5 Å². The Hall–Kier alpha value is -0.0162. The molecule has 0 N–H and O–H groups in total. The van der Waals surface area contributed by atoms with Crippen LogP contribution in [-0.2, 0) is 0 Å². The van der Waals surface area contributed by atoms with Crippen LogP contribution in [0.5, 0.6) is 0 Å². The van der Waals surface area contributed by atoms with Gasteiger partial charge in [0.25, 0.3) is 0 Å². The molecule has 0 aliphatic rings. The minimum Gasteiger partial charge on any atom is -0.270 e. The molecule has 0 spiro atoms. The zero-order valence-electron chi connectivity index (χ0n) is 11.1. The van der Waals surface area contributed by atoms with E-state index >= 15 is 0 Å². The van der Waals surface area contributed by atoms with E-state index in [1.165, 1.54) is 23.9 Å².